The number of ether oxygens (including phenoxy) is 3. The molecule has 43 heavy (non-hydrogen) atoms. The molecule has 4 saturated carbocycles. The van der Waals surface area contributed by atoms with Crippen LogP contribution in [0.5, 0.6) is 34.5 Å². The minimum Gasteiger partial charge on any atom is -0.453 e. The Morgan fingerprint density at radius 1 is 0.535 bits per heavy atom. The summed E-state index contributed by atoms with van der Waals surface area (Å²) in [6, 6.07) is 19.7. The first-order chi connectivity index (χ1) is 20.7. The summed E-state index contributed by atoms with van der Waals surface area (Å²) in [6.45, 7) is 0. The van der Waals surface area contributed by atoms with Crippen LogP contribution < -0.4 is 31.4 Å². The first-order valence-corrected chi connectivity index (χ1v) is 15.7. The van der Waals surface area contributed by atoms with Crippen LogP contribution in [0.25, 0.3) is 0 Å². The standard InChI is InChI=1S/C34H32Cl3N3O3/c35-25-5-1-21(12-28(25)38)41-31-8-4-24(34-15-18-9-19(16-34)11-20(10-18)17-34)32(42-22-2-6-26(36)29(39)13-22)33(31)43-23-3-7-27(37)30(40)14-23/h1-8,12-14,18-20H,9-11,15-17,38-40H2. The van der Waals surface area contributed by atoms with E-state index in [1.54, 1.807) is 54.6 Å². The maximum atomic E-state index is 6.77. The third kappa shape index (κ3) is 5.41. The van der Waals surface area contributed by atoms with Crippen molar-refractivity contribution in [2.75, 3.05) is 17.2 Å². The summed E-state index contributed by atoms with van der Waals surface area (Å²) in [4.78, 5) is 0. The highest BCUT2D eigenvalue weighted by Crippen LogP contribution is 2.63. The van der Waals surface area contributed by atoms with Crippen LogP contribution >= 0.6 is 34.8 Å². The van der Waals surface area contributed by atoms with Gasteiger partial charge in [0.1, 0.15) is 17.2 Å². The van der Waals surface area contributed by atoms with E-state index in [0.29, 0.717) is 66.6 Å². The zero-order valence-corrected chi connectivity index (χ0v) is 25.7. The lowest BCUT2D eigenvalue weighted by molar-refractivity contribution is -0.00610. The molecule has 4 fully saturated rings. The van der Waals surface area contributed by atoms with Crippen molar-refractivity contribution in [1.29, 1.82) is 0 Å². The summed E-state index contributed by atoms with van der Waals surface area (Å²) >= 11 is 18.7. The summed E-state index contributed by atoms with van der Waals surface area (Å²) in [7, 11) is 0. The molecule has 0 aromatic heterocycles. The highest BCUT2D eigenvalue weighted by molar-refractivity contribution is 6.33. The Balaban J connectivity index is 1.41. The fourth-order valence-corrected chi connectivity index (χ4v) is 8.15. The van der Waals surface area contributed by atoms with Crippen LogP contribution in [0.2, 0.25) is 15.1 Å². The third-order valence-corrected chi connectivity index (χ3v) is 10.3. The van der Waals surface area contributed by atoms with E-state index in [4.69, 9.17) is 66.2 Å². The van der Waals surface area contributed by atoms with Crippen LogP contribution in [-0.2, 0) is 5.41 Å². The van der Waals surface area contributed by atoms with Crippen LogP contribution in [0.4, 0.5) is 17.1 Å². The molecule has 222 valence electrons. The highest BCUT2D eigenvalue weighted by Gasteiger charge is 2.53. The maximum absolute atomic E-state index is 6.77. The van der Waals surface area contributed by atoms with Crippen molar-refractivity contribution in [3.8, 4) is 34.5 Å². The van der Waals surface area contributed by atoms with Crippen molar-refractivity contribution < 1.29 is 14.2 Å². The van der Waals surface area contributed by atoms with Crippen molar-refractivity contribution in [1.82, 2.24) is 0 Å². The summed E-state index contributed by atoms with van der Waals surface area (Å²) in [5, 5.41) is 1.34. The molecule has 0 unspecified atom stereocenters. The molecule has 0 atom stereocenters. The number of benzene rings is 4. The van der Waals surface area contributed by atoms with E-state index >= 15 is 0 Å². The molecule has 4 aliphatic carbocycles. The molecule has 8 rings (SSSR count). The number of nitrogens with two attached hydrogens (primary N) is 3. The molecule has 6 N–H and O–H groups in total. The molecule has 4 aromatic carbocycles. The molecule has 4 aromatic rings. The van der Waals surface area contributed by atoms with Gasteiger partial charge >= 0.3 is 0 Å². The molecule has 0 aliphatic heterocycles. The van der Waals surface area contributed by atoms with E-state index in [9.17, 15) is 0 Å². The van der Waals surface area contributed by atoms with Gasteiger partial charge in [-0.15, -0.1) is 0 Å². The van der Waals surface area contributed by atoms with Gasteiger partial charge in [0.25, 0.3) is 0 Å². The minimum atomic E-state index is -0.0254. The van der Waals surface area contributed by atoms with Gasteiger partial charge in [0.2, 0.25) is 5.75 Å². The molecule has 4 aliphatic rings. The maximum Gasteiger partial charge on any atom is 0.212 e. The largest absolute Gasteiger partial charge is 0.453 e. The molecule has 0 amide bonds. The Morgan fingerprint density at radius 3 is 1.40 bits per heavy atom. The van der Waals surface area contributed by atoms with E-state index in [1.165, 1.54) is 19.3 Å². The second-order valence-corrected chi connectivity index (χ2v) is 13.5. The van der Waals surface area contributed by atoms with E-state index in [1.807, 2.05) is 6.07 Å². The molecule has 6 nitrogen and oxygen atoms in total. The van der Waals surface area contributed by atoms with Crippen LogP contribution in [0, 0.1) is 17.8 Å². The van der Waals surface area contributed by atoms with E-state index in [0.717, 1.165) is 42.6 Å². The fraction of sp³-hybridized carbons (Fsp3) is 0.294. The molecular weight excluding hydrogens is 605 g/mol. The summed E-state index contributed by atoms with van der Waals surface area (Å²) in [6.07, 6.45) is 7.32. The van der Waals surface area contributed by atoms with Gasteiger partial charge in [0, 0.05) is 23.8 Å². The van der Waals surface area contributed by atoms with E-state index in [2.05, 4.69) is 6.07 Å². The van der Waals surface area contributed by atoms with E-state index in [-0.39, 0.29) is 5.41 Å². The van der Waals surface area contributed by atoms with Crippen molar-refractivity contribution in [2.45, 2.75) is 43.9 Å². The Kier molecular flexibility index (Phi) is 7.19. The first kappa shape index (κ1) is 28.3. The van der Waals surface area contributed by atoms with E-state index < -0.39 is 0 Å². The Labute approximate surface area is 266 Å². The minimum absolute atomic E-state index is 0.0254. The Hall–Kier alpha value is -3.45. The lowest BCUT2D eigenvalue weighted by Gasteiger charge is -2.57. The Bertz CT molecular complexity index is 1690. The van der Waals surface area contributed by atoms with Crippen LogP contribution in [-0.4, -0.2) is 0 Å². The highest BCUT2D eigenvalue weighted by atomic mass is 35.5. The average Bonchev–Trinajstić information content (AvgIpc) is 2.95. The molecule has 0 heterocycles. The number of rotatable bonds is 7. The topological polar surface area (TPSA) is 106 Å². The number of hydrogen-bond donors (Lipinski definition) is 3. The van der Waals surface area contributed by atoms with Crippen molar-refractivity contribution >= 4 is 51.9 Å². The summed E-state index contributed by atoms with van der Waals surface area (Å²) in [5.41, 5.74) is 20.8. The zero-order valence-electron chi connectivity index (χ0n) is 23.4. The number of anilines is 3. The summed E-state index contributed by atoms with van der Waals surface area (Å²) in [5.74, 6) is 5.14. The molecule has 0 radical (unpaired) electrons. The number of hydrogen-bond acceptors (Lipinski definition) is 6. The first-order valence-electron chi connectivity index (χ1n) is 14.5. The van der Waals surface area contributed by atoms with Crippen molar-refractivity contribution in [2.24, 2.45) is 17.8 Å². The van der Waals surface area contributed by atoms with Gasteiger partial charge in [-0.05, 0) is 104 Å². The van der Waals surface area contributed by atoms with Crippen LogP contribution in [0.3, 0.4) is 0 Å². The lowest BCUT2D eigenvalue weighted by atomic mass is 9.48. The van der Waals surface area contributed by atoms with Gasteiger partial charge in [-0.1, -0.05) is 40.9 Å². The molecule has 4 bridgehead atoms. The molecular formula is C34H32Cl3N3O3. The second kappa shape index (κ2) is 10.9. The molecule has 0 saturated heterocycles. The number of nitrogen functional groups attached to an aromatic ring is 3. The van der Waals surface area contributed by atoms with Crippen molar-refractivity contribution in [3.63, 3.8) is 0 Å². The lowest BCUT2D eigenvalue weighted by Crippen LogP contribution is -2.48. The van der Waals surface area contributed by atoms with Gasteiger partial charge in [0.05, 0.1) is 32.1 Å². The predicted octanol–water partition coefficient (Wildman–Crippen LogP) is 10.2. The van der Waals surface area contributed by atoms with Gasteiger partial charge < -0.3 is 31.4 Å². The quantitative estimate of drug-likeness (QED) is 0.174. The van der Waals surface area contributed by atoms with Gasteiger partial charge in [0.15, 0.2) is 11.5 Å². The average molecular weight is 637 g/mol. The molecule has 9 heteroatoms. The smallest absolute Gasteiger partial charge is 0.212 e. The normalized spacial score (nSPS) is 23.7. The second-order valence-electron chi connectivity index (χ2n) is 12.3. The fourth-order valence-electron chi connectivity index (χ4n) is 7.80. The van der Waals surface area contributed by atoms with Gasteiger partial charge in [-0.3, -0.25) is 0 Å². The van der Waals surface area contributed by atoms with Gasteiger partial charge in [-0.25, -0.2) is 0 Å². The predicted molar refractivity (Wildman–Crippen MR) is 174 cm³/mol. The van der Waals surface area contributed by atoms with Gasteiger partial charge in [-0.2, -0.15) is 0 Å². The third-order valence-electron chi connectivity index (χ3n) is 9.26. The zero-order chi connectivity index (χ0) is 29.9. The summed E-state index contributed by atoms with van der Waals surface area (Å²) < 4.78 is 19.8. The van der Waals surface area contributed by atoms with Crippen molar-refractivity contribution in [3.05, 3.63) is 87.4 Å². The molecule has 0 spiro atoms. The van der Waals surface area contributed by atoms with Crippen LogP contribution in [0.1, 0.15) is 44.1 Å². The Morgan fingerprint density at radius 2 is 0.953 bits per heavy atom. The van der Waals surface area contributed by atoms with Crippen LogP contribution in [0.15, 0.2) is 66.7 Å². The monoisotopic (exact) mass is 635 g/mol. The number of halogens is 3. The SMILES string of the molecule is Nc1cc(Oc2ccc(C34CC5CC(CC(C5)C3)C4)c(Oc3ccc(Cl)c(N)c3)c2Oc2ccc(Cl)c(N)c2)ccc1Cl.